The molecule has 1 atom stereocenters. The third-order valence-electron chi connectivity index (χ3n) is 3.15. The summed E-state index contributed by atoms with van der Waals surface area (Å²) in [5.41, 5.74) is 1.67. The average molecular weight is 250 g/mol. The molecule has 0 saturated heterocycles. The molecule has 5 heteroatoms. The lowest BCUT2D eigenvalue weighted by molar-refractivity contribution is 0.0226. The van der Waals surface area contributed by atoms with Crippen molar-refractivity contribution < 1.29 is 4.79 Å². The first kappa shape index (κ1) is 14.3. The molecule has 0 aliphatic rings. The van der Waals surface area contributed by atoms with E-state index in [1.807, 2.05) is 61.8 Å². The first-order chi connectivity index (χ1) is 8.38. The highest BCUT2D eigenvalue weighted by molar-refractivity contribution is 5.94. The molecule has 0 radical (unpaired) electrons. The molecule has 1 heterocycles. The first-order valence-corrected chi connectivity index (χ1v) is 5.89. The van der Waals surface area contributed by atoms with Crippen LogP contribution in [0.1, 0.15) is 23.0 Å². The summed E-state index contributed by atoms with van der Waals surface area (Å²) in [5.74, 6) is -0.0724. The van der Waals surface area contributed by atoms with Crippen LogP contribution in [0.3, 0.4) is 0 Å². The largest absolute Gasteiger partial charge is 0.346 e. The van der Waals surface area contributed by atoms with Crippen LogP contribution in [0.2, 0.25) is 0 Å². The Morgan fingerprint density at radius 2 is 2.17 bits per heavy atom. The minimum absolute atomic E-state index is 0.0724. The molecule has 0 bridgehead atoms. The van der Waals surface area contributed by atoms with E-state index < -0.39 is 0 Å². The standard InChI is InChI=1S/C13H22N4O/c1-7-16(5)17(6)11(3)14-13(18)12-10(2)8-9-15(12)4/h7-9,11H,1H2,2-6H3,(H,14,18). The maximum absolute atomic E-state index is 12.2. The lowest BCUT2D eigenvalue weighted by Gasteiger charge is -2.32. The van der Waals surface area contributed by atoms with E-state index in [9.17, 15) is 4.79 Å². The minimum atomic E-state index is -0.116. The molecule has 1 aromatic heterocycles. The summed E-state index contributed by atoms with van der Waals surface area (Å²) in [6.07, 6.45) is 3.46. The zero-order chi connectivity index (χ0) is 13.9. The summed E-state index contributed by atoms with van der Waals surface area (Å²) in [7, 11) is 5.64. The van der Waals surface area contributed by atoms with Gasteiger partial charge in [0.05, 0.1) is 6.17 Å². The van der Waals surface area contributed by atoms with Gasteiger partial charge in [0.1, 0.15) is 5.69 Å². The molecule has 0 aliphatic heterocycles. The lowest BCUT2D eigenvalue weighted by Crippen LogP contribution is -2.49. The number of aromatic nitrogens is 1. The molecule has 0 aromatic carbocycles. The van der Waals surface area contributed by atoms with Gasteiger partial charge in [-0.3, -0.25) is 4.79 Å². The monoisotopic (exact) mass is 250 g/mol. The van der Waals surface area contributed by atoms with Gasteiger partial charge in [0, 0.05) is 33.5 Å². The number of hydrazine groups is 1. The van der Waals surface area contributed by atoms with Crippen LogP contribution < -0.4 is 5.32 Å². The summed E-state index contributed by atoms with van der Waals surface area (Å²) in [5, 5.41) is 6.67. The van der Waals surface area contributed by atoms with Crippen molar-refractivity contribution in [1.29, 1.82) is 0 Å². The Labute approximate surface area is 109 Å². The Bertz CT molecular complexity index is 419. The predicted molar refractivity (Wildman–Crippen MR) is 72.8 cm³/mol. The summed E-state index contributed by atoms with van der Waals surface area (Å²) >= 11 is 0. The van der Waals surface area contributed by atoms with E-state index in [1.165, 1.54) is 0 Å². The molecule has 18 heavy (non-hydrogen) atoms. The summed E-state index contributed by atoms with van der Waals surface area (Å²) in [4.78, 5) is 12.2. The van der Waals surface area contributed by atoms with Crippen molar-refractivity contribution in [3.8, 4) is 0 Å². The van der Waals surface area contributed by atoms with Gasteiger partial charge in [0.15, 0.2) is 0 Å². The highest BCUT2D eigenvalue weighted by atomic mass is 16.2. The van der Waals surface area contributed by atoms with Crippen LogP contribution in [0, 0.1) is 6.92 Å². The van der Waals surface area contributed by atoms with Crippen molar-refractivity contribution in [1.82, 2.24) is 19.9 Å². The predicted octanol–water partition coefficient (Wildman–Crippen LogP) is 1.33. The number of nitrogens with one attached hydrogen (secondary N) is 1. The Balaban J connectivity index is 2.74. The molecular weight excluding hydrogens is 228 g/mol. The molecule has 5 nitrogen and oxygen atoms in total. The normalized spacial score (nSPS) is 12.3. The summed E-state index contributed by atoms with van der Waals surface area (Å²) in [6, 6.07) is 1.93. The third-order valence-corrected chi connectivity index (χ3v) is 3.15. The van der Waals surface area contributed by atoms with Crippen LogP contribution in [0.4, 0.5) is 0 Å². The summed E-state index contributed by atoms with van der Waals surface area (Å²) < 4.78 is 1.83. The molecule has 1 rings (SSSR count). The van der Waals surface area contributed by atoms with E-state index in [2.05, 4.69) is 11.9 Å². The Morgan fingerprint density at radius 1 is 1.56 bits per heavy atom. The van der Waals surface area contributed by atoms with Gasteiger partial charge in [-0.15, -0.1) is 0 Å². The lowest BCUT2D eigenvalue weighted by atomic mass is 10.2. The van der Waals surface area contributed by atoms with Crippen LogP contribution in [0.5, 0.6) is 0 Å². The average Bonchev–Trinajstić information content (AvgIpc) is 2.66. The van der Waals surface area contributed by atoms with Crippen LogP contribution in [-0.2, 0) is 7.05 Å². The fraction of sp³-hybridized carbons (Fsp3) is 0.462. The molecular formula is C13H22N4O. The van der Waals surface area contributed by atoms with E-state index in [4.69, 9.17) is 0 Å². The van der Waals surface area contributed by atoms with Crippen molar-refractivity contribution in [2.45, 2.75) is 20.0 Å². The number of hydrogen-bond acceptors (Lipinski definition) is 3. The number of nitrogens with zero attached hydrogens (tertiary/aromatic N) is 3. The number of rotatable bonds is 5. The zero-order valence-electron chi connectivity index (χ0n) is 11.8. The van der Waals surface area contributed by atoms with Crippen molar-refractivity contribution in [3.05, 3.63) is 36.3 Å². The summed E-state index contributed by atoms with van der Waals surface area (Å²) in [6.45, 7) is 7.55. The maximum Gasteiger partial charge on any atom is 0.269 e. The van der Waals surface area contributed by atoms with Gasteiger partial charge in [-0.2, -0.15) is 0 Å². The van der Waals surface area contributed by atoms with Gasteiger partial charge in [-0.25, -0.2) is 5.01 Å². The topological polar surface area (TPSA) is 40.5 Å². The quantitative estimate of drug-likeness (QED) is 0.633. The van der Waals surface area contributed by atoms with Crippen LogP contribution >= 0.6 is 0 Å². The van der Waals surface area contributed by atoms with Crippen molar-refractivity contribution in [2.24, 2.45) is 7.05 Å². The van der Waals surface area contributed by atoms with Gasteiger partial charge < -0.3 is 14.9 Å². The van der Waals surface area contributed by atoms with E-state index >= 15 is 0 Å². The smallest absolute Gasteiger partial charge is 0.269 e. The number of hydrogen-bond donors (Lipinski definition) is 1. The molecule has 0 fully saturated rings. The highest BCUT2D eigenvalue weighted by Crippen LogP contribution is 2.08. The van der Waals surface area contributed by atoms with Gasteiger partial charge in [-0.1, -0.05) is 6.58 Å². The second-order valence-electron chi connectivity index (χ2n) is 4.44. The third kappa shape index (κ3) is 2.92. The van der Waals surface area contributed by atoms with Gasteiger partial charge in [-0.05, 0) is 25.5 Å². The van der Waals surface area contributed by atoms with E-state index in [1.54, 1.807) is 6.20 Å². The molecule has 1 unspecified atom stereocenters. The number of aryl methyl sites for hydroxylation is 2. The maximum atomic E-state index is 12.2. The zero-order valence-corrected chi connectivity index (χ0v) is 11.8. The molecule has 0 aliphatic carbocycles. The second kappa shape index (κ2) is 5.73. The Hall–Kier alpha value is -1.75. The number of carbonyl (C=O) groups excluding carboxylic acids is 1. The molecule has 0 spiro atoms. The van der Waals surface area contributed by atoms with Gasteiger partial charge in [0.25, 0.3) is 5.91 Å². The Morgan fingerprint density at radius 3 is 2.61 bits per heavy atom. The van der Waals surface area contributed by atoms with Crippen molar-refractivity contribution in [3.63, 3.8) is 0 Å². The fourth-order valence-electron chi connectivity index (χ4n) is 1.75. The molecule has 1 amide bonds. The second-order valence-corrected chi connectivity index (χ2v) is 4.44. The van der Waals surface area contributed by atoms with Crippen molar-refractivity contribution >= 4 is 5.91 Å². The molecule has 100 valence electrons. The van der Waals surface area contributed by atoms with E-state index in [0.29, 0.717) is 5.69 Å². The number of amides is 1. The van der Waals surface area contributed by atoms with Gasteiger partial charge >= 0.3 is 0 Å². The van der Waals surface area contributed by atoms with Gasteiger partial charge in [0.2, 0.25) is 0 Å². The van der Waals surface area contributed by atoms with E-state index in [0.717, 1.165) is 5.56 Å². The molecule has 1 aromatic rings. The first-order valence-electron chi connectivity index (χ1n) is 5.89. The Kier molecular flexibility index (Phi) is 4.55. The molecule has 1 N–H and O–H groups in total. The van der Waals surface area contributed by atoms with Crippen molar-refractivity contribution in [2.75, 3.05) is 14.1 Å². The highest BCUT2D eigenvalue weighted by Gasteiger charge is 2.18. The van der Waals surface area contributed by atoms with E-state index in [-0.39, 0.29) is 12.1 Å². The minimum Gasteiger partial charge on any atom is -0.346 e. The molecule has 0 saturated carbocycles. The SMILES string of the molecule is C=CN(C)N(C)C(C)NC(=O)c1c(C)ccn1C. The van der Waals surface area contributed by atoms with Crippen LogP contribution in [-0.4, -0.2) is 40.8 Å². The fourth-order valence-corrected chi connectivity index (χ4v) is 1.75. The van der Waals surface area contributed by atoms with Crippen LogP contribution in [0.15, 0.2) is 25.0 Å². The van der Waals surface area contributed by atoms with Crippen LogP contribution in [0.25, 0.3) is 0 Å². The number of carbonyl (C=O) groups is 1.